The van der Waals surface area contributed by atoms with Crippen LogP contribution in [-0.4, -0.2) is 41.3 Å². The second kappa shape index (κ2) is 7.26. The molecule has 0 fully saturated rings. The van der Waals surface area contributed by atoms with Gasteiger partial charge in [0.05, 0.1) is 5.56 Å². The van der Waals surface area contributed by atoms with E-state index >= 15 is 0 Å². The van der Waals surface area contributed by atoms with E-state index in [1.54, 1.807) is 0 Å². The van der Waals surface area contributed by atoms with Crippen molar-refractivity contribution < 1.29 is 10.3 Å². The predicted octanol–water partition coefficient (Wildman–Crippen LogP) is 1.26. The van der Waals surface area contributed by atoms with Crippen molar-refractivity contribution in [3.63, 3.8) is 0 Å². The number of amidine groups is 1. The lowest BCUT2D eigenvalue weighted by atomic mass is 10.1. The number of fused-ring (bicyclic) bond motifs is 1. The third kappa shape index (κ3) is 3.64. The molecular formula is C15H24N4O2. The van der Waals surface area contributed by atoms with E-state index in [0.29, 0.717) is 5.56 Å². The zero-order valence-electron chi connectivity index (χ0n) is 12.5. The molecular weight excluding hydrogens is 268 g/mol. The summed E-state index contributed by atoms with van der Waals surface area (Å²) in [4.78, 5) is 6.77. The van der Waals surface area contributed by atoms with Crippen molar-refractivity contribution in [2.75, 3.05) is 25.1 Å². The monoisotopic (exact) mass is 292 g/mol. The van der Waals surface area contributed by atoms with Crippen LogP contribution in [0.2, 0.25) is 0 Å². The summed E-state index contributed by atoms with van der Waals surface area (Å²) < 4.78 is 0. The summed E-state index contributed by atoms with van der Waals surface area (Å²) in [6.07, 6.45) is 5.89. The van der Waals surface area contributed by atoms with Crippen LogP contribution in [-0.2, 0) is 12.8 Å². The first-order chi connectivity index (χ1) is 10.2. The zero-order chi connectivity index (χ0) is 15.2. The number of hydrogen-bond acceptors (Lipinski definition) is 5. The second-order valence-electron chi connectivity index (χ2n) is 5.51. The number of aryl methyl sites for hydroxylation is 2. The minimum absolute atomic E-state index is 0.106. The molecule has 0 saturated heterocycles. The van der Waals surface area contributed by atoms with Crippen molar-refractivity contribution in [2.45, 2.75) is 38.5 Å². The molecule has 21 heavy (non-hydrogen) atoms. The molecule has 1 heterocycles. The van der Waals surface area contributed by atoms with Crippen molar-refractivity contribution in [1.29, 1.82) is 0 Å². The molecule has 0 amide bonds. The fraction of sp³-hybridized carbons (Fsp3) is 0.600. The Kier molecular flexibility index (Phi) is 5.38. The highest BCUT2D eigenvalue weighted by Gasteiger charge is 2.20. The third-order valence-corrected chi connectivity index (χ3v) is 3.93. The van der Waals surface area contributed by atoms with E-state index in [1.165, 1.54) is 5.56 Å². The Morgan fingerprint density at radius 2 is 2.19 bits per heavy atom. The van der Waals surface area contributed by atoms with Gasteiger partial charge >= 0.3 is 0 Å². The van der Waals surface area contributed by atoms with Gasteiger partial charge in [0.15, 0.2) is 5.84 Å². The number of aromatic nitrogens is 1. The molecule has 1 aliphatic carbocycles. The Bertz CT molecular complexity index is 517. The number of nitrogens with two attached hydrogens (primary N) is 1. The molecule has 0 spiro atoms. The second-order valence-corrected chi connectivity index (χ2v) is 5.51. The maximum absolute atomic E-state index is 8.98. The van der Waals surface area contributed by atoms with Gasteiger partial charge in [-0.1, -0.05) is 5.16 Å². The average Bonchev–Trinajstić information content (AvgIpc) is 2.96. The van der Waals surface area contributed by atoms with E-state index in [2.05, 4.69) is 5.16 Å². The number of hydrogen-bond donors (Lipinski definition) is 3. The number of aliphatic hydroxyl groups is 1. The van der Waals surface area contributed by atoms with E-state index in [1.807, 2.05) is 18.0 Å². The van der Waals surface area contributed by atoms with Gasteiger partial charge < -0.3 is 20.9 Å². The number of anilines is 1. The molecule has 0 aliphatic heterocycles. The molecule has 0 aromatic carbocycles. The minimum atomic E-state index is 0.106. The van der Waals surface area contributed by atoms with Crippen LogP contribution < -0.4 is 10.6 Å². The predicted molar refractivity (Wildman–Crippen MR) is 83.0 cm³/mol. The maximum atomic E-state index is 8.98. The zero-order valence-corrected chi connectivity index (χ0v) is 12.5. The van der Waals surface area contributed by atoms with Crippen molar-refractivity contribution in [3.05, 3.63) is 22.9 Å². The maximum Gasteiger partial charge on any atom is 0.173 e. The van der Waals surface area contributed by atoms with Crippen molar-refractivity contribution in [1.82, 2.24) is 4.98 Å². The van der Waals surface area contributed by atoms with E-state index in [0.717, 1.165) is 56.6 Å². The number of nitrogens with zero attached hydrogens (tertiary/aromatic N) is 3. The lowest BCUT2D eigenvalue weighted by molar-refractivity contribution is 0.283. The van der Waals surface area contributed by atoms with E-state index < -0.39 is 0 Å². The first-order valence-corrected chi connectivity index (χ1v) is 7.50. The largest absolute Gasteiger partial charge is 0.409 e. The number of rotatable bonds is 7. The summed E-state index contributed by atoms with van der Waals surface area (Å²) in [6.45, 7) is 1.06. The van der Waals surface area contributed by atoms with Gasteiger partial charge in [0, 0.05) is 25.9 Å². The number of pyridine rings is 1. The van der Waals surface area contributed by atoms with Crippen LogP contribution in [0.4, 0.5) is 5.82 Å². The van der Waals surface area contributed by atoms with Crippen molar-refractivity contribution >= 4 is 11.7 Å². The van der Waals surface area contributed by atoms with E-state index in [9.17, 15) is 0 Å². The molecule has 0 atom stereocenters. The van der Waals surface area contributed by atoms with Crippen LogP contribution >= 0.6 is 0 Å². The Balaban J connectivity index is 2.20. The fourth-order valence-corrected chi connectivity index (χ4v) is 2.74. The summed E-state index contributed by atoms with van der Waals surface area (Å²) in [7, 11) is 1.97. The quantitative estimate of drug-likeness (QED) is 0.231. The van der Waals surface area contributed by atoms with Crippen LogP contribution in [0, 0.1) is 0 Å². The number of aliphatic hydroxyl groups excluding tert-OH is 1. The third-order valence-electron chi connectivity index (χ3n) is 3.93. The molecule has 2 rings (SSSR count). The van der Waals surface area contributed by atoms with Gasteiger partial charge in [0.1, 0.15) is 5.82 Å². The molecule has 0 radical (unpaired) electrons. The summed E-state index contributed by atoms with van der Waals surface area (Å²) in [5, 5.41) is 20.9. The topological polar surface area (TPSA) is 95.0 Å². The molecule has 6 heteroatoms. The minimum Gasteiger partial charge on any atom is -0.409 e. The molecule has 1 aromatic heterocycles. The van der Waals surface area contributed by atoms with Gasteiger partial charge in [0.2, 0.25) is 0 Å². The average molecular weight is 292 g/mol. The summed E-state index contributed by atoms with van der Waals surface area (Å²) in [5.41, 5.74) is 8.83. The van der Waals surface area contributed by atoms with Crippen LogP contribution in [0.1, 0.15) is 42.5 Å². The van der Waals surface area contributed by atoms with Gasteiger partial charge in [-0.25, -0.2) is 4.98 Å². The van der Waals surface area contributed by atoms with Crippen molar-refractivity contribution in [2.24, 2.45) is 10.9 Å². The highest BCUT2D eigenvalue weighted by atomic mass is 16.4. The Morgan fingerprint density at radius 1 is 1.38 bits per heavy atom. The Morgan fingerprint density at radius 3 is 2.90 bits per heavy atom. The first-order valence-electron chi connectivity index (χ1n) is 7.50. The summed E-state index contributed by atoms with van der Waals surface area (Å²) in [5.74, 6) is 0.879. The normalized spacial score (nSPS) is 14.3. The summed E-state index contributed by atoms with van der Waals surface area (Å²) in [6, 6.07) is 2.00. The molecule has 0 unspecified atom stereocenters. The lowest BCUT2D eigenvalue weighted by Crippen LogP contribution is -2.26. The highest BCUT2D eigenvalue weighted by molar-refractivity contribution is 6.01. The van der Waals surface area contributed by atoms with Gasteiger partial charge in [-0.15, -0.1) is 0 Å². The van der Waals surface area contributed by atoms with Crippen LogP contribution in [0.5, 0.6) is 0 Å². The van der Waals surface area contributed by atoms with Crippen LogP contribution in [0.25, 0.3) is 0 Å². The van der Waals surface area contributed by atoms with Gasteiger partial charge in [-0.2, -0.15) is 0 Å². The standard InChI is InChI=1S/C15H24N4O2/c1-19(8-3-2-4-9-20)15-12(14(16)18-21)10-11-6-5-7-13(11)17-15/h10,20-21H,2-9H2,1H3,(H2,16,18). The molecule has 4 N–H and O–H groups in total. The van der Waals surface area contributed by atoms with E-state index in [4.69, 9.17) is 21.0 Å². The molecule has 6 nitrogen and oxygen atoms in total. The fourth-order valence-electron chi connectivity index (χ4n) is 2.74. The van der Waals surface area contributed by atoms with Gasteiger partial charge in [-0.05, 0) is 50.2 Å². The molecule has 0 saturated carbocycles. The smallest absolute Gasteiger partial charge is 0.173 e. The molecule has 0 bridgehead atoms. The van der Waals surface area contributed by atoms with Gasteiger partial charge in [0.25, 0.3) is 0 Å². The first kappa shape index (κ1) is 15.6. The number of unbranched alkanes of at least 4 members (excludes halogenated alkanes) is 2. The highest BCUT2D eigenvalue weighted by Crippen LogP contribution is 2.27. The SMILES string of the molecule is CN(CCCCCO)c1nc2c(cc1C(N)=NO)CCC2. The summed E-state index contributed by atoms with van der Waals surface area (Å²) >= 11 is 0. The van der Waals surface area contributed by atoms with Crippen LogP contribution in [0.3, 0.4) is 0 Å². The molecule has 116 valence electrons. The molecule has 1 aromatic rings. The van der Waals surface area contributed by atoms with Crippen LogP contribution in [0.15, 0.2) is 11.2 Å². The van der Waals surface area contributed by atoms with Crippen molar-refractivity contribution in [3.8, 4) is 0 Å². The molecule has 1 aliphatic rings. The van der Waals surface area contributed by atoms with E-state index in [-0.39, 0.29) is 12.4 Å². The Labute approximate surface area is 125 Å². The van der Waals surface area contributed by atoms with Gasteiger partial charge in [-0.3, -0.25) is 0 Å². The Hall–Kier alpha value is -1.82. The lowest BCUT2D eigenvalue weighted by Gasteiger charge is -2.22. The number of oxime groups is 1.